The van der Waals surface area contributed by atoms with E-state index in [-0.39, 0.29) is 5.92 Å². The number of carbonyl (C=O) groups excluding carboxylic acids is 2. The first-order valence-corrected chi connectivity index (χ1v) is 7.07. The summed E-state index contributed by atoms with van der Waals surface area (Å²) in [4.78, 5) is 24.8. The van der Waals surface area contributed by atoms with Crippen molar-refractivity contribution < 1.29 is 19.1 Å². The zero-order valence-electron chi connectivity index (χ0n) is 12.2. The minimum absolute atomic E-state index is 0.215. The van der Waals surface area contributed by atoms with Crippen molar-refractivity contribution in [1.82, 2.24) is 0 Å². The summed E-state index contributed by atoms with van der Waals surface area (Å²) in [5, 5.41) is 0. The molecule has 2 aliphatic carbocycles. The van der Waals surface area contributed by atoms with E-state index in [9.17, 15) is 9.59 Å². The highest BCUT2D eigenvalue weighted by Crippen LogP contribution is 2.49. The third-order valence-electron chi connectivity index (χ3n) is 4.63. The summed E-state index contributed by atoms with van der Waals surface area (Å²) in [7, 11) is 2.64. The smallest absolute Gasteiger partial charge is 0.323 e. The molecule has 0 saturated carbocycles. The minimum atomic E-state index is -1.24. The Labute approximate surface area is 123 Å². The summed E-state index contributed by atoms with van der Waals surface area (Å²) in [6.07, 6.45) is 3.84. The SMILES string of the molecule is COC(=O)C1(C(=O)OC)Cc2ccccc2C2=CC[C@H]2C1. The summed E-state index contributed by atoms with van der Waals surface area (Å²) >= 11 is 0. The standard InChI is InChI=1S/C17H18O4/c1-20-15(18)17(16(19)21-2)9-11-5-3-4-6-13(11)14-8-7-12(14)10-17/h3-6,8,12H,7,9-10H2,1-2H3/t12-/m0/s1. The topological polar surface area (TPSA) is 52.6 Å². The monoisotopic (exact) mass is 286 g/mol. The van der Waals surface area contributed by atoms with Crippen LogP contribution in [0, 0.1) is 11.3 Å². The molecule has 0 saturated heterocycles. The predicted molar refractivity (Wildman–Crippen MR) is 77.3 cm³/mol. The van der Waals surface area contributed by atoms with Gasteiger partial charge < -0.3 is 9.47 Å². The fourth-order valence-electron chi connectivity index (χ4n) is 3.48. The highest BCUT2D eigenvalue weighted by atomic mass is 16.5. The van der Waals surface area contributed by atoms with Crippen molar-refractivity contribution in [2.45, 2.75) is 19.3 Å². The van der Waals surface area contributed by atoms with Crippen LogP contribution in [-0.4, -0.2) is 26.2 Å². The molecular weight excluding hydrogens is 268 g/mol. The van der Waals surface area contributed by atoms with Crippen molar-refractivity contribution in [2.75, 3.05) is 14.2 Å². The van der Waals surface area contributed by atoms with Crippen LogP contribution >= 0.6 is 0 Å². The molecule has 0 N–H and O–H groups in total. The Kier molecular flexibility index (Phi) is 3.32. The van der Waals surface area contributed by atoms with Crippen LogP contribution < -0.4 is 0 Å². The van der Waals surface area contributed by atoms with Gasteiger partial charge in [-0.05, 0) is 41.9 Å². The minimum Gasteiger partial charge on any atom is -0.468 e. The van der Waals surface area contributed by atoms with Crippen molar-refractivity contribution in [3.63, 3.8) is 0 Å². The first-order chi connectivity index (χ1) is 10.1. The second kappa shape index (κ2) is 5.02. The lowest BCUT2D eigenvalue weighted by Crippen LogP contribution is -2.44. The molecule has 1 atom stereocenters. The Morgan fingerprint density at radius 2 is 1.81 bits per heavy atom. The van der Waals surface area contributed by atoms with Gasteiger partial charge in [-0.2, -0.15) is 0 Å². The lowest BCUT2D eigenvalue weighted by molar-refractivity contribution is -0.170. The van der Waals surface area contributed by atoms with Gasteiger partial charge in [0.05, 0.1) is 14.2 Å². The quantitative estimate of drug-likeness (QED) is 0.618. The number of fused-ring (bicyclic) bond motifs is 3. The van der Waals surface area contributed by atoms with Crippen LogP contribution in [0.2, 0.25) is 0 Å². The highest BCUT2D eigenvalue weighted by Gasteiger charge is 2.52. The molecule has 4 nitrogen and oxygen atoms in total. The second-order valence-corrected chi connectivity index (χ2v) is 5.70. The number of hydrogen-bond donors (Lipinski definition) is 0. The summed E-state index contributed by atoms with van der Waals surface area (Å²) in [5.41, 5.74) is 2.14. The molecule has 0 unspecified atom stereocenters. The molecule has 110 valence electrons. The molecule has 0 fully saturated rings. The van der Waals surface area contributed by atoms with E-state index in [1.165, 1.54) is 19.8 Å². The molecule has 21 heavy (non-hydrogen) atoms. The van der Waals surface area contributed by atoms with Gasteiger partial charge in [0, 0.05) is 0 Å². The van der Waals surface area contributed by atoms with Gasteiger partial charge in [0.1, 0.15) is 0 Å². The van der Waals surface area contributed by atoms with Crippen LogP contribution in [0.4, 0.5) is 0 Å². The molecule has 1 aromatic carbocycles. The summed E-state index contributed by atoms with van der Waals surface area (Å²) in [6, 6.07) is 7.94. The number of benzene rings is 1. The molecule has 3 rings (SSSR count). The van der Waals surface area contributed by atoms with Gasteiger partial charge in [-0.15, -0.1) is 0 Å². The molecule has 4 heteroatoms. The third-order valence-corrected chi connectivity index (χ3v) is 4.63. The van der Waals surface area contributed by atoms with Gasteiger partial charge in [0.15, 0.2) is 5.41 Å². The van der Waals surface area contributed by atoms with Crippen LogP contribution in [0.3, 0.4) is 0 Å². The Bertz CT molecular complexity index is 613. The molecule has 0 bridgehead atoms. The van der Waals surface area contributed by atoms with Gasteiger partial charge in [-0.25, -0.2) is 0 Å². The molecule has 0 amide bonds. The Morgan fingerprint density at radius 1 is 1.14 bits per heavy atom. The molecule has 0 heterocycles. The highest BCUT2D eigenvalue weighted by molar-refractivity contribution is 6.01. The van der Waals surface area contributed by atoms with Crippen molar-refractivity contribution in [2.24, 2.45) is 11.3 Å². The van der Waals surface area contributed by atoms with Gasteiger partial charge in [0.25, 0.3) is 0 Å². The molecule has 0 radical (unpaired) electrons. The number of hydrogen-bond acceptors (Lipinski definition) is 4. The number of allylic oxidation sites excluding steroid dienone is 2. The molecular formula is C17H18O4. The van der Waals surface area contributed by atoms with Gasteiger partial charge in [-0.1, -0.05) is 30.3 Å². The lowest BCUT2D eigenvalue weighted by Gasteiger charge is -2.32. The molecule has 1 aromatic rings. The molecule has 0 spiro atoms. The van der Waals surface area contributed by atoms with Gasteiger partial charge in [-0.3, -0.25) is 9.59 Å². The zero-order valence-corrected chi connectivity index (χ0v) is 12.2. The van der Waals surface area contributed by atoms with Crippen LogP contribution in [0.1, 0.15) is 24.0 Å². The Balaban J connectivity index is 2.14. The summed E-state index contributed by atoms with van der Waals surface area (Å²) in [5.74, 6) is -0.790. The van der Waals surface area contributed by atoms with E-state index < -0.39 is 17.4 Å². The third kappa shape index (κ3) is 1.97. The second-order valence-electron chi connectivity index (χ2n) is 5.70. The maximum Gasteiger partial charge on any atom is 0.323 e. The Hall–Kier alpha value is -2.10. The molecule has 0 aliphatic heterocycles. The number of methoxy groups -OCH3 is 2. The summed E-state index contributed by atoms with van der Waals surface area (Å²) < 4.78 is 9.87. The fourth-order valence-corrected chi connectivity index (χ4v) is 3.48. The van der Waals surface area contributed by atoms with Crippen LogP contribution in [0.15, 0.2) is 30.3 Å². The van der Waals surface area contributed by atoms with Crippen LogP contribution in [0.25, 0.3) is 5.57 Å². The average Bonchev–Trinajstić information content (AvgIpc) is 2.59. The first-order valence-electron chi connectivity index (χ1n) is 7.07. The van der Waals surface area contributed by atoms with E-state index in [0.29, 0.717) is 12.8 Å². The van der Waals surface area contributed by atoms with Crippen molar-refractivity contribution in [3.8, 4) is 0 Å². The maximum atomic E-state index is 12.4. The Morgan fingerprint density at radius 3 is 2.38 bits per heavy atom. The fraction of sp³-hybridized carbons (Fsp3) is 0.412. The van der Waals surface area contributed by atoms with E-state index in [2.05, 4.69) is 12.1 Å². The number of esters is 2. The van der Waals surface area contributed by atoms with E-state index >= 15 is 0 Å². The van der Waals surface area contributed by atoms with Gasteiger partial charge >= 0.3 is 11.9 Å². The first kappa shape index (κ1) is 13.9. The van der Waals surface area contributed by atoms with E-state index in [1.54, 1.807) is 0 Å². The zero-order chi connectivity index (χ0) is 15.0. The van der Waals surface area contributed by atoms with Crippen molar-refractivity contribution in [3.05, 3.63) is 41.5 Å². The number of carbonyl (C=O) groups is 2. The lowest BCUT2D eigenvalue weighted by atomic mass is 9.71. The number of ether oxygens (including phenoxy) is 2. The predicted octanol–water partition coefficient (Wildman–Crippen LogP) is 2.37. The number of rotatable bonds is 2. The van der Waals surface area contributed by atoms with Gasteiger partial charge in [0.2, 0.25) is 0 Å². The van der Waals surface area contributed by atoms with E-state index in [4.69, 9.17) is 9.47 Å². The normalized spacial score (nSPS) is 21.8. The van der Waals surface area contributed by atoms with E-state index in [1.807, 2.05) is 18.2 Å². The van der Waals surface area contributed by atoms with Crippen molar-refractivity contribution >= 4 is 17.5 Å². The maximum absolute atomic E-state index is 12.4. The van der Waals surface area contributed by atoms with Crippen molar-refractivity contribution in [1.29, 1.82) is 0 Å². The summed E-state index contributed by atoms with van der Waals surface area (Å²) in [6.45, 7) is 0. The van der Waals surface area contributed by atoms with Crippen LogP contribution in [-0.2, 0) is 25.5 Å². The van der Waals surface area contributed by atoms with E-state index in [0.717, 1.165) is 17.5 Å². The largest absolute Gasteiger partial charge is 0.468 e. The molecule has 0 aromatic heterocycles. The average molecular weight is 286 g/mol. The molecule has 2 aliphatic rings. The van der Waals surface area contributed by atoms with Crippen LogP contribution in [0.5, 0.6) is 0 Å².